The lowest BCUT2D eigenvalue weighted by Gasteiger charge is -2.25. The Morgan fingerprint density at radius 1 is 1.30 bits per heavy atom. The molecule has 144 valence electrons. The van der Waals surface area contributed by atoms with Crippen LogP contribution in [0.1, 0.15) is 42.7 Å². The average molecular weight is 372 g/mol. The second-order valence-electron chi connectivity index (χ2n) is 7.06. The van der Waals surface area contributed by atoms with E-state index in [-0.39, 0.29) is 30.2 Å². The summed E-state index contributed by atoms with van der Waals surface area (Å²) in [5, 5.41) is 8.72. The maximum absolute atomic E-state index is 12.8. The fraction of sp³-hybridized carbons (Fsp3) is 0.429. The van der Waals surface area contributed by atoms with E-state index in [1.807, 2.05) is 18.2 Å². The summed E-state index contributed by atoms with van der Waals surface area (Å²) in [6.07, 6.45) is 7.15. The number of carbonyl (C=O) groups excluding carboxylic acids is 1. The Morgan fingerprint density at radius 3 is 2.63 bits per heavy atom. The molecule has 5 nitrogen and oxygen atoms in total. The minimum absolute atomic E-state index is 0.0817. The minimum Gasteiger partial charge on any atom is -0.474 e. The Balaban J connectivity index is 0.000000156. The third-order valence-electron chi connectivity index (χ3n) is 4.97. The SMILES string of the molecule is NC(=O)[C@H]1C[C@@H]1c1cccc(F)c1.OCCc1ccc(OC2CCC2)nc1. The van der Waals surface area contributed by atoms with Crippen LogP contribution in [-0.2, 0) is 11.2 Å². The van der Waals surface area contributed by atoms with Gasteiger partial charge >= 0.3 is 0 Å². The zero-order valence-corrected chi connectivity index (χ0v) is 15.2. The van der Waals surface area contributed by atoms with Crippen LogP contribution in [0.3, 0.4) is 0 Å². The first-order valence-corrected chi connectivity index (χ1v) is 9.34. The molecule has 2 aliphatic rings. The minimum atomic E-state index is -0.283. The van der Waals surface area contributed by atoms with E-state index in [0.29, 0.717) is 18.4 Å². The maximum Gasteiger partial charge on any atom is 0.221 e. The second-order valence-corrected chi connectivity index (χ2v) is 7.06. The van der Waals surface area contributed by atoms with Gasteiger partial charge in [0.1, 0.15) is 11.9 Å². The van der Waals surface area contributed by atoms with E-state index in [2.05, 4.69) is 4.98 Å². The van der Waals surface area contributed by atoms with Crippen molar-refractivity contribution in [1.29, 1.82) is 0 Å². The molecule has 0 spiro atoms. The lowest BCUT2D eigenvalue weighted by Crippen LogP contribution is -2.24. The maximum atomic E-state index is 12.8. The topological polar surface area (TPSA) is 85.4 Å². The third kappa shape index (κ3) is 5.50. The van der Waals surface area contributed by atoms with Crippen molar-refractivity contribution in [1.82, 2.24) is 4.98 Å². The van der Waals surface area contributed by atoms with E-state index in [9.17, 15) is 9.18 Å². The molecule has 27 heavy (non-hydrogen) atoms. The summed E-state index contributed by atoms with van der Waals surface area (Å²) in [5.41, 5.74) is 7.06. The molecule has 3 N–H and O–H groups in total. The smallest absolute Gasteiger partial charge is 0.221 e. The van der Waals surface area contributed by atoms with Crippen LogP contribution in [0.5, 0.6) is 5.88 Å². The second kappa shape index (κ2) is 8.95. The number of aliphatic hydroxyl groups excluding tert-OH is 1. The number of carbonyl (C=O) groups is 1. The zero-order valence-electron chi connectivity index (χ0n) is 15.2. The number of rotatable bonds is 6. The van der Waals surface area contributed by atoms with E-state index in [1.54, 1.807) is 12.3 Å². The fourth-order valence-electron chi connectivity index (χ4n) is 3.03. The molecule has 2 aliphatic carbocycles. The predicted molar refractivity (Wildman–Crippen MR) is 99.7 cm³/mol. The highest BCUT2D eigenvalue weighted by Gasteiger charge is 2.42. The van der Waals surface area contributed by atoms with Gasteiger partial charge in [0.25, 0.3) is 0 Å². The summed E-state index contributed by atoms with van der Waals surface area (Å²) >= 11 is 0. The molecule has 1 heterocycles. The molecule has 0 unspecified atom stereocenters. The highest BCUT2D eigenvalue weighted by atomic mass is 19.1. The number of nitrogens with zero attached hydrogens (tertiary/aromatic N) is 1. The summed E-state index contributed by atoms with van der Waals surface area (Å²) in [4.78, 5) is 14.9. The van der Waals surface area contributed by atoms with Crippen LogP contribution >= 0.6 is 0 Å². The van der Waals surface area contributed by atoms with E-state index >= 15 is 0 Å². The molecule has 6 heteroatoms. The number of primary amides is 1. The van der Waals surface area contributed by atoms with E-state index in [0.717, 1.165) is 30.4 Å². The van der Waals surface area contributed by atoms with E-state index < -0.39 is 0 Å². The van der Waals surface area contributed by atoms with E-state index in [1.165, 1.54) is 18.6 Å². The molecule has 1 aromatic carbocycles. The number of hydrogen-bond donors (Lipinski definition) is 2. The highest BCUT2D eigenvalue weighted by molar-refractivity contribution is 5.81. The molecule has 0 saturated heterocycles. The number of aromatic nitrogens is 1. The van der Waals surface area contributed by atoms with Crippen LogP contribution in [-0.4, -0.2) is 28.7 Å². The first-order valence-electron chi connectivity index (χ1n) is 9.34. The van der Waals surface area contributed by atoms with Gasteiger partial charge in [-0.2, -0.15) is 0 Å². The van der Waals surface area contributed by atoms with Crippen molar-refractivity contribution in [2.75, 3.05) is 6.61 Å². The van der Waals surface area contributed by atoms with Crippen LogP contribution in [0.25, 0.3) is 0 Å². The average Bonchev–Trinajstić information content (AvgIpc) is 3.42. The monoisotopic (exact) mass is 372 g/mol. The predicted octanol–water partition coefficient (Wildman–Crippen LogP) is 2.96. The number of benzene rings is 1. The number of nitrogens with two attached hydrogens (primary N) is 1. The molecular formula is C21H25FN2O3. The Kier molecular flexibility index (Phi) is 6.40. The number of hydrogen-bond acceptors (Lipinski definition) is 4. The number of halogens is 1. The van der Waals surface area contributed by atoms with Crippen molar-refractivity contribution < 1.29 is 19.0 Å². The van der Waals surface area contributed by atoms with Crippen LogP contribution < -0.4 is 10.5 Å². The van der Waals surface area contributed by atoms with Gasteiger partial charge in [-0.1, -0.05) is 18.2 Å². The fourth-order valence-corrected chi connectivity index (χ4v) is 3.03. The Hall–Kier alpha value is -2.47. The third-order valence-corrected chi connectivity index (χ3v) is 4.97. The van der Waals surface area contributed by atoms with Crippen molar-refractivity contribution in [3.8, 4) is 5.88 Å². The van der Waals surface area contributed by atoms with Gasteiger partial charge in [-0.05, 0) is 61.3 Å². The van der Waals surface area contributed by atoms with Crippen molar-refractivity contribution in [2.24, 2.45) is 11.7 Å². The van der Waals surface area contributed by atoms with Gasteiger partial charge in [0.05, 0.1) is 0 Å². The summed E-state index contributed by atoms with van der Waals surface area (Å²) in [5.74, 6) is 0.230. The highest BCUT2D eigenvalue weighted by Crippen LogP contribution is 2.47. The zero-order chi connectivity index (χ0) is 19.2. The molecule has 1 aromatic heterocycles. The van der Waals surface area contributed by atoms with Gasteiger partial charge in [-0.15, -0.1) is 0 Å². The summed E-state index contributed by atoms with van der Waals surface area (Å²) < 4.78 is 18.4. The standard InChI is InChI=1S/C11H15NO2.C10H10FNO/c13-7-6-9-4-5-11(12-8-9)14-10-2-1-3-10;11-7-3-1-2-6(4-7)8-5-9(8)10(12)13/h4-5,8,10,13H,1-3,6-7H2;1-4,8-9H,5H2,(H2,12,13)/t;8-,9+/m.1/s1. The largest absolute Gasteiger partial charge is 0.474 e. The number of ether oxygens (including phenoxy) is 1. The summed E-state index contributed by atoms with van der Waals surface area (Å²) in [6.45, 7) is 0.171. The molecule has 0 bridgehead atoms. The van der Waals surface area contributed by atoms with Crippen molar-refractivity contribution >= 4 is 5.91 Å². The van der Waals surface area contributed by atoms with E-state index in [4.69, 9.17) is 15.6 Å². The normalized spacial score (nSPS) is 20.8. The lowest BCUT2D eigenvalue weighted by molar-refractivity contribution is -0.119. The molecule has 2 saturated carbocycles. The van der Waals surface area contributed by atoms with Crippen LogP contribution in [0, 0.1) is 11.7 Å². The van der Waals surface area contributed by atoms with Gasteiger partial charge in [-0.3, -0.25) is 4.79 Å². The van der Waals surface area contributed by atoms with Gasteiger partial charge < -0.3 is 15.6 Å². The molecule has 0 aliphatic heterocycles. The van der Waals surface area contributed by atoms with Crippen LogP contribution in [0.15, 0.2) is 42.6 Å². The van der Waals surface area contributed by atoms with Crippen molar-refractivity contribution in [3.63, 3.8) is 0 Å². The Morgan fingerprint density at radius 2 is 2.11 bits per heavy atom. The Labute approximate surface area is 158 Å². The molecule has 2 fully saturated rings. The molecule has 2 aromatic rings. The van der Waals surface area contributed by atoms with Crippen molar-refractivity contribution in [2.45, 2.75) is 44.1 Å². The summed E-state index contributed by atoms with van der Waals surface area (Å²) in [7, 11) is 0. The summed E-state index contributed by atoms with van der Waals surface area (Å²) in [6, 6.07) is 10.2. The first-order chi connectivity index (χ1) is 13.1. The van der Waals surface area contributed by atoms with Gasteiger partial charge in [-0.25, -0.2) is 9.37 Å². The molecule has 0 radical (unpaired) electrons. The first kappa shape index (κ1) is 19.3. The molecule has 1 amide bonds. The lowest BCUT2D eigenvalue weighted by atomic mass is 9.96. The van der Waals surface area contributed by atoms with Crippen molar-refractivity contribution in [3.05, 3.63) is 59.5 Å². The van der Waals surface area contributed by atoms with Crippen LogP contribution in [0.4, 0.5) is 4.39 Å². The van der Waals surface area contributed by atoms with Gasteiger partial charge in [0.15, 0.2) is 0 Å². The van der Waals surface area contributed by atoms with Gasteiger partial charge in [0.2, 0.25) is 11.8 Å². The Bertz CT molecular complexity index is 762. The molecular weight excluding hydrogens is 347 g/mol. The van der Waals surface area contributed by atoms with Crippen LogP contribution in [0.2, 0.25) is 0 Å². The van der Waals surface area contributed by atoms with Gasteiger partial charge in [0, 0.05) is 24.8 Å². The number of pyridine rings is 1. The number of aliphatic hydroxyl groups is 1. The molecule has 2 atom stereocenters. The molecule has 4 rings (SSSR count). The quantitative estimate of drug-likeness (QED) is 0.816. The number of amides is 1.